The van der Waals surface area contributed by atoms with E-state index in [9.17, 15) is 0 Å². The molecule has 0 unspecified atom stereocenters. The van der Waals surface area contributed by atoms with Gasteiger partial charge in [0.05, 0.1) is 27.5 Å². The highest BCUT2D eigenvalue weighted by Crippen LogP contribution is 2.43. The molecular formula is C45H26N4O2. The molecule has 6 nitrogen and oxygen atoms in total. The maximum atomic E-state index is 6.73. The van der Waals surface area contributed by atoms with Gasteiger partial charge in [0.2, 0.25) is 0 Å². The molecule has 0 saturated heterocycles. The molecule has 0 aliphatic heterocycles. The SMILES string of the molecule is c1ccc(-c2nc(-c3ccccc3)nc(-c3ccc4oc5c(ccc6oc7cccc(-n8c9ccccc9c9ccccc98)c7c65)c4c3)n2)cc1. The van der Waals surface area contributed by atoms with Gasteiger partial charge in [-0.2, -0.15) is 0 Å². The molecule has 4 aromatic heterocycles. The van der Waals surface area contributed by atoms with Gasteiger partial charge >= 0.3 is 0 Å². The van der Waals surface area contributed by atoms with Crippen LogP contribution in [0.3, 0.4) is 0 Å². The fraction of sp³-hybridized carbons (Fsp3) is 0. The van der Waals surface area contributed by atoms with E-state index in [1.807, 2.05) is 78.9 Å². The lowest BCUT2D eigenvalue weighted by atomic mass is 10.0. The summed E-state index contributed by atoms with van der Waals surface area (Å²) in [7, 11) is 0. The Balaban J connectivity index is 1.15. The second-order valence-corrected chi connectivity index (χ2v) is 12.8. The first-order valence-corrected chi connectivity index (χ1v) is 16.9. The minimum Gasteiger partial charge on any atom is -0.456 e. The van der Waals surface area contributed by atoms with Gasteiger partial charge in [-0.25, -0.2) is 15.0 Å². The fourth-order valence-corrected chi connectivity index (χ4v) is 7.56. The van der Waals surface area contributed by atoms with Gasteiger partial charge in [0.15, 0.2) is 17.5 Å². The summed E-state index contributed by atoms with van der Waals surface area (Å²) < 4.78 is 15.6. The Labute approximate surface area is 290 Å². The van der Waals surface area contributed by atoms with E-state index in [0.717, 1.165) is 77.3 Å². The number of furan rings is 2. The second kappa shape index (κ2) is 10.7. The van der Waals surface area contributed by atoms with Crippen molar-refractivity contribution in [1.82, 2.24) is 19.5 Å². The Bertz CT molecular complexity index is 3030. The molecule has 6 heteroatoms. The summed E-state index contributed by atoms with van der Waals surface area (Å²) in [6.45, 7) is 0. The van der Waals surface area contributed by atoms with E-state index >= 15 is 0 Å². The highest BCUT2D eigenvalue weighted by atomic mass is 16.3. The third kappa shape index (κ3) is 4.20. The lowest BCUT2D eigenvalue weighted by Gasteiger charge is -2.09. The van der Waals surface area contributed by atoms with E-state index in [1.165, 1.54) is 10.8 Å². The largest absolute Gasteiger partial charge is 0.456 e. The zero-order valence-electron chi connectivity index (χ0n) is 27.1. The predicted octanol–water partition coefficient (Wildman–Crippen LogP) is 11.8. The van der Waals surface area contributed by atoms with Crippen LogP contribution in [0.4, 0.5) is 0 Å². The van der Waals surface area contributed by atoms with Crippen LogP contribution in [0, 0.1) is 0 Å². The second-order valence-electron chi connectivity index (χ2n) is 12.8. The van der Waals surface area contributed by atoms with Crippen molar-refractivity contribution in [2.45, 2.75) is 0 Å². The maximum Gasteiger partial charge on any atom is 0.164 e. The topological polar surface area (TPSA) is 69.9 Å². The molecule has 0 fully saturated rings. The molecule has 0 N–H and O–H groups in total. The fourth-order valence-electron chi connectivity index (χ4n) is 7.56. The Morgan fingerprint density at radius 3 is 1.61 bits per heavy atom. The highest BCUT2D eigenvalue weighted by Gasteiger charge is 2.22. The summed E-state index contributed by atoms with van der Waals surface area (Å²) in [6, 6.07) is 53.8. The summed E-state index contributed by atoms with van der Waals surface area (Å²) in [5.74, 6) is 1.85. The molecule has 0 atom stereocenters. The standard InChI is InChI=1S/C45H26N4O2/c1-3-12-27(13-4-1)43-46-44(28-14-5-2-6-15-28)48-45(47-43)29-22-24-37-33(26-29)32-23-25-39-41(42(32)51-37)40-36(20-11-21-38(40)50-39)49-34-18-9-7-16-30(34)31-17-8-10-19-35(31)49/h1-26H. The van der Waals surface area contributed by atoms with E-state index in [2.05, 4.69) is 83.4 Å². The van der Waals surface area contributed by atoms with Gasteiger partial charge in [-0.15, -0.1) is 0 Å². The van der Waals surface area contributed by atoms with Crippen LogP contribution >= 0.6 is 0 Å². The number of fused-ring (bicyclic) bond motifs is 10. The van der Waals surface area contributed by atoms with E-state index < -0.39 is 0 Å². The minimum atomic E-state index is 0.599. The predicted molar refractivity (Wildman–Crippen MR) is 205 cm³/mol. The van der Waals surface area contributed by atoms with Crippen LogP contribution in [0.1, 0.15) is 0 Å². The van der Waals surface area contributed by atoms with Crippen LogP contribution in [-0.4, -0.2) is 19.5 Å². The summed E-state index contributed by atoms with van der Waals surface area (Å²) in [5, 5.41) is 6.37. The zero-order valence-corrected chi connectivity index (χ0v) is 27.1. The molecule has 0 radical (unpaired) electrons. The average molecular weight is 655 g/mol. The third-order valence-electron chi connectivity index (χ3n) is 9.85. The molecule has 0 aliphatic carbocycles. The number of aromatic nitrogens is 4. The summed E-state index contributed by atoms with van der Waals surface area (Å²) in [5.41, 5.74) is 9.24. The van der Waals surface area contributed by atoms with Crippen molar-refractivity contribution in [3.63, 3.8) is 0 Å². The molecular weight excluding hydrogens is 629 g/mol. The molecule has 0 spiro atoms. The molecule has 4 heterocycles. The molecule has 7 aromatic carbocycles. The monoisotopic (exact) mass is 654 g/mol. The Hall–Kier alpha value is -7.05. The van der Waals surface area contributed by atoms with Crippen molar-refractivity contribution in [2.24, 2.45) is 0 Å². The Morgan fingerprint density at radius 1 is 0.373 bits per heavy atom. The molecule has 0 bridgehead atoms. The minimum absolute atomic E-state index is 0.599. The number of hydrogen-bond acceptors (Lipinski definition) is 5. The van der Waals surface area contributed by atoms with Crippen LogP contribution in [0.15, 0.2) is 167 Å². The van der Waals surface area contributed by atoms with E-state index in [0.29, 0.717) is 17.5 Å². The number of nitrogens with zero attached hydrogens (tertiary/aromatic N) is 4. The number of rotatable bonds is 4. The molecule has 0 saturated carbocycles. The molecule has 0 amide bonds. The smallest absolute Gasteiger partial charge is 0.164 e. The lowest BCUT2D eigenvalue weighted by molar-refractivity contribution is 0.663. The first-order chi connectivity index (χ1) is 25.3. The first-order valence-electron chi connectivity index (χ1n) is 16.9. The van der Waals surface area contributed by atoms with Crippen molar-refractivity contribution in [3.8, 4) is 39.9 Å². The van der Waals surface area contributed by atoms with Crippen molar-refractivity contribution >= 4 is 65.7 Å². The van der Waals surface area contributed by atoms with E-state index in [1.54, 1.807) is 0 Å². The van der Waals surface area contributed by atoms with Crippen LogP contribution in [0.2, 0.25) is 0 Å². The molecule has 238 valence electrons. The van der Waals surface area contributed by atoms with Crippen molar-refractivity contribution in [1.29, 1.82) is 0 Å². The normalized spacial score (nSPS) is 11.9. The molecule has 11 aromatic rings. The number of benzene rings is 7. The quantitative estimate of drug-likeness (QED) is 0.189. The lowest BCUT2D eigenvalue weighted by Crippen LogP contribution is -2.00. The third-order valence-corrected chi connectivity index (χ3v) is 9.85. The summed E-state index contributed by atoms with van der Waals surface area (Å²) >= 11 is 0. The van der Waals surface area contributed by atoms with Gasteiger partial charge in [-0.05, 0) is 54.6 Å². The summed E-state index contributed by atoms with van der Waals surface area (Å²) in [6.07, 6.45) is 0. The zero-order chi connectivity index (χ0) is 33.5. The van der Waals surface area contributed by atoms with E-state index in [4.69, 9.17) is 23.8 Å². The Kier molecular flexibility index (Phi) is 5.86. The molecule has 11 rings (SSSR count). The summed E-state index contributed by atoms with van der Waals surface area (Å²) in [4.78, 5) is 14.8. The van der Waals surface area contributed by atoms with Crippen molar-refractivity contribution < 1.29 is 8.83 Å². The van der Waals surface area contributed by atoms with Crippen LogP contribution in [0.25, 0.3) is 106 Å². The number of para-hydroxylation sites is 2. The molecule has 51 heavy (non-hydrogen) atoms. The van der Waals surface area contributed by atoms with Crippen LogP contribution in [0.5, 0.6) is 0 Å². The van der Waals surface area contributed by atoms with Crippen LogP contribution in [-0.2, 0) is 0 Å². The van der Waals surface area contributed by atoms with Crippen molar-refractivity contribution in [3.05, 3.63) is 158 Å². The maximum absolute atomic E-state index is 6.73. The van der Waals surface area contributed by atoms with Gasteiger partial charge in [0, 0.05) is 38.2 Å². The van der Waals surface area contributed by atoms with Crippen LogP contribution < -0.4 is 0 Å². The highest BCUT2D eigenvalue weighted by molar-refractivity contribution is 6.24. The van der Waals surface area contributed by atoms with E-state index in [-0.39, 0.29) is 0 Å². The average Bonchev–Trinajstić information content (AvgIpc) is 3.88. The molecule has 0 aliphatic rings. The van der Waals surface area contributed by atoms with Gasteiger partial charge < -0.3 is 13.4 Å². The van der Waals surface area contributed by atoms with Gasteiger partial charge in [-0.1, -0.05) is 103 Å². The first kappa shape index (κ1) is 27.9. The number of hydrogen-bond donors (Lipinski definition) is 0. The van der Waals surface area contributed by atoms with Gasteiger partial charge in [0.1, 0.15) is 22.3 Å². The Morgan fingerprint density at radius 2 is 0.941 bits per heavy atom. The van der Waals surface area contributed by atoms with Crippen molar-refractivity contribution in [2.75, 3.05) is 0 Å². The van der Waals surface area contributed by atoms with Gasteiger partial charge in [-0.3, -0.25) is 0 Å². The van der Waals surface area contributed by atoms with Gasteiger partial charge in [0.25, 0.3) is 0 Å².